The van der Waals surface area contributed by atoms with Gasteiger partial charge >= 0.3 is 0 Å². The monoisotopic (exact) mass is 476 g/mol. The summed E-state index contributed by atoms with van der Waals surface area (Å²) < 4.78 is 0. The minimum Gasteiger partial charge on any atom is -0.507 e. The summed E-state index contributed by atoms with van der Waals surface area (Å²) in [7, 11) is 0. The van der Waals surface area contributed by atoms with Crippen LogP contribution >= 0.6 is 0 Å². The van der Waals surface area contributed by atoms with Gasteiger partial charge in [0, 0.05) is 29.2 Å². The van der Waals surface area contributed by atoms with Crippen molar-refractivity contribution in [2.45, 2.75) is 79.1 Å². The number of rotatable bonds is 7. The third kappa shape index (κ3) is 6.34. The molecule has 0 bridgehead atoms. The highest BCUT2D eigenvalue weighted by molar-refractivity contribution is 6.01. The van der Waals surface area contributed by atoms with Crippen LogP contribution in [0.1, 0.15) is 88.9 Å². The molecule has 1 saturated heterocycles. The first kappa shape index (κ1) is 27.0. The van der Waals surface area contributed by atoms with Gasteiger partial charge in [0.05, 0.1) is 6.54 Å². The van der Waals surface area contributed by atoms with Crippen LogP contribution in [0.4, 0.5) is 0 Å². The largest absolute Gasteiger partial charge is 0.507 e. The van der Waals surface area contributed by atoms with Crippen molar-refractivity contribution in [3.8, 4) is 5.75 Å². The fourth-order valence-corrected chi connectivity index (χ4v) is 5.30. The van der Waals surface area contributed by atoms with E-state index in [2.05, 4.69) is 79.7 Å². The molecule has 1 aliphatic rings. The second-order valence-electron chi connectivity index (χ2n) is 12.8. The highest BCUT2D eigenvalue weighted by Gasteiger charge is 2.38. The number of hydrogen-bond acceptors (Lipinski definition) is 3. The number of hydrogen-bond donors (Lipinski definition) is 2. The third-order valence-electron chi connectivity index (χ3n) is 7.17. The molecule has 0 saturated carbocycles. The van der Waals surface area contributed by atoms with Gasteiger partial charge in [-0.25, -0.2) is 0 Å². The van der Waals surface area contributed by atoms with E-state index < -0.39 is 0 Å². The third-order valence-corrected chi connectivity index (χ3v) is 7.17. The van der Waals surface area contributed by atoms with Crippen molar-refractivity contribution in [2.75, 3.05) is 13.1 Å². The number of benzene rings is 2. The molecule has 4 nitrogen and oxygen atoms in total. The molecule has 190 valence electrons. The molecule has 3 rings (SSSR count). The van der Waals surface area contributed by atoms with Gasteiger partial charge in [0.15, 0.2) is 5.78 Å². The number of Topliss-reactive ketones (excluding diaryl/α,β-unsaturated/α-hetero) is 1. The van der Waals surface area contributed by atoms with Crippen LogP contribution in [0, 0.1) is 23.2 Å². The maximum atomic E-state index is 13.6. The van der Waals surface area contributed by atoms with Gasteiger partial charge in [-0.2, -0.15) is 0 Å². The first-order valence-corrected chi connectivity index (χ1v) is 13.0. The number of nitrogens with zero attached hydrogens (tertiary/aromatic N) is 1. The van der Waals surface area contributed by atoms with Crippen molar-refractivity contribution in [3.63, 3.8) is 0 Å². The zero-order valence-electron chi connectivity index (χ0n) is 22.9. The van der Waals surface area contributed by atoms with Gasteiger partial charge in [-0.15, -0.1) is 0 Å². The van der Waals surface area contributed by atoms with Gasteiger partial charge in [0.2, 0.25) is 0 Å². The highest BCUT2D eigenvalue weighted by atomic mass is 16.3. The molecule has 0 amide bonds. The number of ketones is 1. The molecule has 0 spiro atoms. The molecular formula is C31H44N2O2. The molecule has 4 heteroatoms. The van der Waals surface area contributed by atoms with E-state index in [9.17, 15) is 9.90 Å². The Morgan fingerprint density at radius 2 is 1.57 bits per heavy atom. The zero-order valence-corrected chi connectivity index (χ0v) is 22.9. The standard InChI is InChI=1S/C31H44N2O2/c1-20(2)14-23-18-33(29(32)24(23)15-21-12-10-9-11-13-21)19-27(34)22-16-25(30(3,4)5)28(35)26(17-22)31(6,7)8/h9-13,16-17,20,23-24,32,35H,14-15,18-19H2,1-8H3. The summed E-state index contributed by atoms with van der Waals surface area (Å²) in [6, 6.07) is 14.1. The van der Waals surface area contributed by atoms with Crippen LogP contribution in [0.25, 0.3) is 0 Å². The Morgan fingerprint density at radius 3 is 2.06 bits per heavy atom. The lowest BCUT2D eigenvalue weighted by atomic mass is 9.78. The predicted molar refractivity (Wildman–Crippen MR) is 146 cm³/mol. The van der Waals surface area contributed by atoms with Crippen molar-refractivity contribution in [3.05, 3.63) is 64.7 Å². The van der Waals surface area contributed by atoms with Crippen LogP contribution in [0.2, 0.25) is 0 Å². The molecule has 2 aromatic rings. The van der Waals surface area contributed by atoms with Crippen LogP contribution in [-0.2, 0) is 17.3 Å². The number of carbonyl (C=O) groups excluding carboxylic acids is 1. The molecule has 2 aromatic carbocycles. The van der Waals surface area contributed by atoms with E-state index in [1.807, 2.05) is 23.1 Å². The second-order valence-corrected chi connectivity index (χ2v) is 12.8. The number of likely N-dealkylation sites (tertiary alicyclic amines) is 1. The Hall–Kier alpha value is -2.62. The van der Waals surface area contributed by atoms with E-state index in [1.165, 1.54) is 5.56 Å². The molecule has 0 aliphatic carbocycles. The first-order valence-electron chi connectivity index (χ1n) is 13.0. The molecule has 2 N–H and O–H groups in total. The van der Waals surface area contributed by atoms with Gasteiger partial charge in [-0.05, 0) is 53.2 Å². The molecule has 2 atom stereocenters. The number of amidine groups is 1. The molecule has 1 aliphatic heterocycles. The minimum atomic E-state index is -0.288. The summed E-state index contributed by atoms with van der Waals surface area (Å²) in [6.07, 6.45) is 1.88. The minimum absolute atomic E-state index is 0.00871. The lowest BCUT2D eigenvalue weighted by molar-refractivity contribution is 0.0962. The summed E-state index contributed by atoms with van der Waals surface area (Å²) in [5.74, 6) is 1.92. The average Bonchev–Trinajstić information content (AvgIpc) is 3.01. The summed E-state index contributed by atoms with van der Waals surface area (Å²) >= 11 is 0. The van der Waals surface area contributed by atoms with E-state index in [0.29, 0.717) is 23.2 Å². The molecule has 35 heavy (non-hydrogen) atoms. The highest BCUT2D eigenvalue weighted by Crippen LogP contribution is 2.40. The van der Waals surface area contributed by atoms with Crippen LogP contribution in [-0.4, -0.2) is 34.7 Å². The Balaban J connectivity index is 1.89. The van der Waals surface area contributed by atoms with Crippen LogP contribution in [0.15, 0.2) is 42.5 Å². The lowest BCUT2D eigenvalue weighted by Crippen LogP contribution is -2.33. The topological polar surface area (TPSA) is 64.4 Å². The molecule has 0 aromatic heterocycles. The Morgan fingerprint density at radius 1 is 1.03 bits per heavy atom. The Labute approximate surface area is 212 Å². The van der Waals surface area contributed by atoms with Crippen molar-refractivity contribution in [2.24, 2.45) is 17.8 Å². The second kappa shape index (κ2) is 10.2. The fourth-order valence-electron chi connectivity index (χ4n) is 5.30. The van der Waals surface area contributed by atoms with Gasteiger partial charge < -0.3 is 10.0 Å². The zero-order chi connectivity index (χ0) is 26.1. The molecular weight excluding hydrogens is 432 g/mol. The summed E-state index contributed by atoms with van der Waals surface area (Å²) in [6.45, 7) is 17.8. The quantitative estimate of drug-likeness (QED) is 0.424. The number of phenolic OH excluding ortho intramolecular Hbond substituents is 1. The fraction of sp³-hybridized carbons (Fsp3) is 0.548. The number of phenols is 1. The molecule has 2 unspecified atom stereocenters. The van der Waals surface area contributed by atoms with Crippen molar-refractivity contribution in [1.82, 2.24) is 4.90 Å². The smallest absolute Gasteiger partial charge is 0.182 e. The van der Waals surface area contributed by atoms with Gasteiger partial charge in [-0.3, -0.25) is 10.2 Å². The van der Waals surface area contributed by atoms with Crippen LogP contribution < -0.4 is 0 Å². The maximum Gasteiger partial charge on any atom is 0.182 e. The Bertz CT molecular complexity index is 1020. The normalized spacial score (nSPS) is 19.0. The number of nitrogens with one attached hydrogen (secondary N) is 1. The van der Waals surface area contributed by atoms with Crippen molar-refractivity contribution in [1.29, 1.82) is 5.41 Å². The van der Waals surface area contributed by atoms with Crippen LogP contribution in [0.3, 0.4) is 0 Å². The van der Waals surface area contributed by atoms with E-state index in [4.69, 9.17) is 5.41 Å². The van der Waals surface area contributed by atoms with E-state index >= 15 is 0 Å². The van der Waals surface area contributed by atoms with E-state index in [-0.39, 0.29) is 34.8 Å². The van der Waals surface area contributed by atoms with E-state index in [1.54, 1.807) is 0 Å². The van der Waals surface area contributed by atoms with Gasteiger partial charge in [0.1, 0.15) is 11.6 Å². The molecule has 0 radical (unpaired) electrons. The Kier molecular flexibility index (Phi) is 7.83. The molecule has 1 fully saturated rings. The average molecular weight is 477 g/mol. The SMILES string of the molecule is CC(C)CC1CN(CC(=O)c2cc(C(C)(C)C)c(O)c(C(C)(C)C)c2)C(=N)C1Cc1ccccc1. The lowest BCUT2D eigenvalue weighted by Gasteiger charge is -2.28. The summed E-state index contributed by atoms with van der Waals surface area (Å²) in [5, 5.41) is 20.0. The van der Waals surface area contributed by atoms with E-state index in [0.717, 1.165) is 30.5 Å². The van der Waals surface area contributed by atoms with Crippen LogP contribution in [0.5, 0.6) is 5.75 Å². The van der Waals surface area contributed by atoms with Gasteiger partial charge in [-0.1, -0.05) is 85.7 Å². The van der Waals surface area contributed by atoms with Gasteiger partial charge in [0.25, 0.3) is 0 Å². The first-order chi connectivity index (χ1) is 16.2. The summed E-state index contributed by atoms with van der Waals surface area (Å²) in [5.41, 5.74) is 2.88. The summed E-state index contributed by atoms with van der Waals surface area (Å²) in [4.78, 5) is 15.6. The van der Waals surface area contributed by atoms with Crippen molar-refractivity contribution < 1.29 is 9.90 Å². The predicted octanol–water partition coefficient (Wildman–Crippen LogP) is 6.98. The maximum absolute atomic E-state index is 13.6. The number of carbonyl (C=O) groups is 1. The molecule has 1 heterocycles. The van der Waals surface area contributed by atoms with Crippen molar-refractivity contribution >= 4 is 11.6 Å². The number of aromatic hydroxyl groups is 1.